The molecular weight excluding hydrogens is 270 g/mol. The van der Waals surface area contributed by atoms with Crippen molar-refractivity contribution in [2.24, 2.45) is 0 Å². The van der Waals surface area contributed by atoms with E-state index in [9.17, 15) is 13.2 Å². The fourth-order valence-electron chi connectivity index (χ4n) is 1.81. The molecule has 0 atom stereocenters. The highest BCUT2D eigenvalue weighted by molar-refractivity contribution is 7.90. The van der Waals surface area contributed by atoms with Gasteiger partial charge in [0.15, 0.2) is 6.73 Å². The summed E-state index contributed by atoms with van der Waals surface area (Å²) in [6.07, 6.45) is 1.46. The first-order valence-corrected chi connectivity index (χ1v) is 6.83. The molecule has 8 heteroatoms. The number of fused-ring (bicyclic) bond motifs is 1. The molecule has 19 heavy (non-hydrogen) atoms. The van der Waals surface area contributed by atoms with Crippen LogP contribution in [-0.2, 0) is 10.0 Å². The van der Waals surface area contributed by atoms with Crippen molar-refractivity contribution >= 4 is 15.9 Å². The fourth-order valence-corrected chi connectivity index (χ4v) is 3.24. The van der Waals surface area contributed by atoms with E-state index in [2.05, 4.69) is 10.2 Å². The Labute approximate surface area is 108 Å². The minimum atomic E-state index is -3.82. The van der Waals surface area contributed by atoms with Gasteiger partial charge < -0.3 is 4.74 Å². The van der Waals surface area contributed by atoms with Crippen LogP contribution in [0.15, 0.2) is 41.4 Å². The molecule has 1 aliphatic rings. The predicted octanol–water partition coefficient (Wildman–Crippen LogP) is 0.591. The number of carbonyl (C=O) groups excluding carboxylic acids is 1. The minimum Gasteiger partial charge on any atom is -0.455 e. The first-order chi connectivity index (χ1) is 9.10. The van der Waals surface area contributed by atoms with Crippen LogP contribution in [0, 0.1) is 0 Å². The molecule has 0 spiro atoms. The van der Waals surface area contributed by atoms with Gasteiger partial charge in [0.2, 0.25) is 5.88 Å². The Hall–Kier alpha value is -2.35. The lowest BCUT2D eigenvalue weighted by Crippen LogP contribution is -2.33. The number of nitrogens with one attached hydrogen (secondary N) is 1. The summed E-state index contributed by atoms with van der Waals surface area (Å²) in [4.78, 5) is 12.0. The third kappa shape index (κ3) is 1.76. The predicted molar refractivity (Wildman–Crippen MR) is 63.9 cm³/mol. The van der Waals surface area contributed by atoms with Gasteiger partial charge in [0.05, 0.1) is 11.8 Å². The largest absolute Gasteiger partial charge is 0.455 e. The van der Waals surface area contributed by atoms with Crippen LogP contribution in [0.5, 0.6) is 5.88 Å². The van der Waals surface area contributed by atoms with Crippen molar-refractivity contribution in [1.82, 2.24) is 14.5 Å². The van der Waals surface area contributed by atoms with Crippen molar-refractivity contribution in [3.05, 3.63) is 42.1 Å². The number of aromatic nitrogens is 2. The third-order valence-electron chi connectivity index (χ3n) is 2.72. The van der Waals surface area contributed by atoms with Crippen LogP contribution >= 0.6 is 0 Å². The number of amides is 1. The molecule has 2 aromatic rings. The highest BCUT2D eigenvalue weighted by Gasteiger charge is 2.41. The Kier molecular flexibility index (Phi) is 2.53. The van der Waals surface area contributed by atoms with E-state index in [1.165, 1.54) is 24.4 Å². The average molecular weight is 279 g/mol. The van der Waals surface area contributed by atoms with Gasteiger partial charge in [-0.15, -0.1) is 0 Å². The first-order valence-electron chi connectivity index (χ1n) is 5.39. The summed E-state index contributed by atoms with van der Waals surface area (Å²) >= 11 is 0. The molecule has 1 amide bonds. The maximum absolute atomic E-state index is 12.2. The second kappa shape index (κ2) is 4.09. The van der Waals surface area contributed by atoms with E-state index in [-0.39, 0.29) is 10.5 Å². The van der Waals surface area contributed by atoms with Gasteiger partial charge in [0.25, 0.3) is 15.9 Å². The quantitative estimate of drug-likeness (QED) is 0.887. The lowest BCUT2D eigenvalue weighted by molar-refractivity contribution is 0.0786. The van der Waals surface area contributed by atoms with Crippen molar-refractivity contribution in [1.29, 1.82) is 0 Å². The summed E-state index contributed by atoms with van der Waals surface area (Å²) in [6.45, 7) is -0.391. The number of hydrogen-bond donors (Lipinski definition) is 1. The van der Waals surface area contributed by atoms with E-state index in [0.29, 0.717) is 10.2 Å². The zero-order valence-corrected chi connectivity index (χ0v) is 10.4. The average Bonchev–Trinajstić information content (AvgIpc) is 2.97. The van der Waals surface area contributed by atoms with Crippen molar-refractivity contribution in [3.8, 4) is 5.88 Å². The molecule has 2 heterocycles. The van der Waals surface area contributed by atoms with Crippen molar-refractivity contribution in [2.75, 3.05) is 6.73 Å². The van der Waals surface area contributed by atoms with Crippen LogP contribution in [0.4, 0.5) is 0 Å². The van der Waals surface area contributed by atoms with Crippen LogP contribution in [0.2, 0.25) is 0 Å². The Morgan fingerprint density at radius 1 is 1.26 bits per heavy atom. The molecule has 0 saturated carbocycles. The highest BCUT2D eigenvalue weighted by atomic mass is 32.2. The van der Waals surface area contributed by atoms with Gasteiger partial charge in [-0.1, -0.05) is 12.1 Å². The van der Waals surface area contributed by atoms with Gasteiger partial charge in [-0.05, 0) is 12.1 Å². The van der Waals surface area contributed by atoms with Gasteiger partial charge in [-0.3, -0.25) is 4.79 Å². The molecule has 7 nitrogen and oxygen atoms in total. The number of aromatic amines is 1. The van der Waals surface area contributed by atoms with Gasteiger partial charge in [0, 0.05) is 6.07 Å². The van der Waals surface area contributed by atoms with E-state index >= 15 is 0 Å². The van der Waals surface area contributed by atoms with E-state index < -0.39 is 22.7 Å². The maximum Gasteiger partial charge on any atom is 0.271 e. The number of nitrogens with zero attached hydrogens (tertiary/aromatic N) is 2. The summed E-state index contributed by atoms with van der Waals surface area (Å²) in [6, 6.07) is 7.60. The molecule has 0 radical (unpaired) electrons. The Balaban J connectivity index is 1.90. The number of H-pyrrole nitrogens is 1. The van der Waals surface area contributed by atoms with Crippen molar-refractivity contribution < 1.29 is 17.9 Å². The smallest absolute Gasteiger partial charge is 0.271 e. The molecule has 98 valence electrons. The molecule has 1 aliphatic heterocycles. The Morgan fingerprint density at radius 2 is 2.05 bits per heavy atom. The second-order valence-corrected chi connectivity index (χ2v) is 5.68. The lowest BCUT2D eigenvalue weighted by Gasteiger charge is -2.14. The van der Waals surface area contributed by atoms with E-state index in [1.807, 2.05) is 0 Å². The van der Waals surface area contributed by atoms with Gasteiger partial charge in [0.1, 0.15) is 4.90 Å². The third-order valence-corrected chi connectivity index (χ3v) is 4.49. The maximum atomic E-state index is 12.2. The monoisotopic (exact) mass is 279 g/mol. The highest BCUT2D eigenvalue weighted by Crippen LogP contribution is 2.29. The van der Waals surface area contributed by atoms with Gasteiger partial charge in [-0.2, -0.15) is 9.40 Å². The number of hydrogen-bond acceptors (Lipinski definition) is 5. The zero-order valence-electron chi connectivity index (χ0n) is 9.61. The van der Waals surface area contributed by atoms with Crippen LogP contribution in [0.3, 0.4) is 0 Å². The van der Waals surface area contributed by atoms with E-state index in [1.54, 1.807) is 12.1 Å². The molecule has 1 aromatic heterocycles. The molecule has 1 aromatic carbocycles. The molecular formula is C11H9N3O4S. The Morgan fingerprint density at radius 3 is 2.74 bits per heavy atom. The minimum absolute atomic E-state index is 0.00760. The number of rotatable bonds is 3. The van der Waals surface area contributed by atoms with Crippen LogP contribution in [0.25, 0.3) is 0 Å². The van der Waals surface area contributed by atoms with Crippen LogP contribution in [-0.4, -0.2) is 35.6 Å². The molecule has 0 saturated heterocycles. The topological polar surface area (TPSA) is 92.4 Å². The standard InChI is InChI=1S/C11H9N3O4S/c15-11-8-3-1-2-4-9(8)19(16,17)14(11)7-18-10-5-6-12-13-10/h1-6H,7H2,(H,12,13). The van der Waals surface area contributed by atoms with E-state index in [4.69, 9.17) is 4.74 Å². The molecule has 0 fully saturated rings. The van der Waals surface area contributed by atoms with Crippen LogP contribution < -0.4 is 4.74 Å². The summed E-state index contributed by atoms with van der Waals surface area (Å²) in [5.41, 5.74) is 0.163. The molecule has 0 aliphatic carbocycles. The van der Waals surface area contributed by atoms with Crippen LogP contribution in [0.1, 0.15) is 10.4 Å². The molecule has 0 bridgehead atoms. The summed E-state index contributed by atoms with van der Waals surface area (Å²) in [7, 11) is -3.82. The second-order valence-electron chi connectivity index (χ2n) is 3.85. The van der Waals surface area contributed by atoms with Gasteiger partial charge in [-0.25, -0.2) is 13.5 Å². The van der Waals surface area contributed by atoms with Gasteiger partial charge >= 0.3 is 0 Å². The molecule has 0 unspecified atom stereocenters. The summed E-state index contributed by atoms with van der Waals surface area (Å²) < 4.78 is 30.2. The lowest BCUT2D eigenvalue weighted by atomic mass is 10.2. The fraction of sp³-hybridized carbons (Fsp3) is 0.0909. The molecule has 1 N–H and O–H groups in total. The van der Waals surface area contributed by atoms with E-state index in [0.717, 1.165) is 0 Å². The van der Waals surface area contributed by atoms with Crippen molar-refractivity contribution in [2.45, 2.75) is 4.90 Å². The number of sulfonamides is 1. The number of ether oxygens (including phenoxy) is 1. The summed E-state index contributed by atoms with van der Waals surface area (Å²) in [5, 5.41) is 6.18. The number of benzene rings is 1. The Bertz CT molecular complexity index is 724. The SMILES string of the molecule is O=C1c2ccccc2S(=O)(=O)N1COc1ccn[nH]1. The van der Waals surface area contributed by atoms with Crippen molar-refractivity contribution in [3.63, 3.8) is 0 Å². The normalized spacial score (nSPS) is 16.4. The first kappa shape index (κ1) is 11.7. The summed E-state index contributed by atoms with van der Waals surface area (Å²) in [5.74, 6) is -0.297. The number of carbonyl (C=O) groups is 1. The zero-order chi connectivity index (χ0) is 13.5. The molecule has 3 rings (SSSR count).